The average Bonchev–Trinajstić information content (AvgIpc) is 2.69. The normalized spacial score (nSPS) is 26.8. The second-order valence-corrected chi connectivity index (χ2v) is 8.19. The monoisotopic (exact) mass is 364 g/mol. The summed E-state index contributed by atoms with van der Waals surface area (Å²) in [4.78, 5) is 38.2. The van der Waals surface area contributed by atoms with E-state index in [2.05, 4.69) is 0 Å². The van der Waals surface area contributed by atoms with E-state index in [1.807, 2.05) is 41.5 Å². The lowest BCUT2D eigenvalue weighted by atomic mass is 9.80. The van der Waals surface area contributed by atoms with Crippen molar-refractivity contribution in [2.24, 2.45) is 17.8 Å². The minimum atomic E-state index is -2.23. The van der Waals surface area contributed by atoms with E-state index in [-0.39, 0.29) is 25.2 Å². The van der Waals surface area contributed by atoms with Crippen LogP contribution in [0.4, 0.5) is 0 Å². The lowest BCUT2D eigenvalue weighted by molar-refractivity contribution is -0.155. The summed E-state index contributed by atoms with van der Waals surface area (Å²) in [5.41, 5.74) is -0.368. The number of hydrogen-bond acceptors (Lipinski definition) is 5. The molecule has 1 aliphatic carbocycles. The van der Waals surface area contributed by atoms with Crippen molar-refractivity contribution in [3.8, 4) is 0 Å². The van der Waals surface area contributed by atoms with E-state index in [1.165, 1.54) is 0 Å². The first kappa shape index (κ1) is 22.5. The quantitative estimate of drug-likeness (QED) is 0.510. The molecule has 146 valence electrons. The summed E-state index contributed by atoms with van der Waals surface area (Å²) in [7, 11) is 0. The summed E-state index contributed by atoms with van der Waals surface area (Å²) >= 11 is 0. The Bertz CT molecular complexity index is 620. The fourth-order valence-electron chi connectivity index (χ4n) is 3.35. The van der Waals surface area contributed by atoms with Gasteiger partial charge >= 0.3 is 0 Å². The number of aliphatic hydroxyl groups excluding tert-OH is 1. The van der Waals surface area contributed by atoms with Gasteiger partial charge in [0.1, 0.15) is 5.92 Å². The lowest BCUT2D eigenvalue weighted by Crippen LogP contribution is -2.52. The number of carbonyl (C=O) groups excluding carboxylic acids is 3. The van der Waals surface area contributed by atoms with Gasteiger partial charge in [-0.15, -0.1) is 0 Å². The van der Waals surface area contributed by atoms with Gasteiger partial charge in [0.2, 0.25) is 0 Å². The Labute approximate surface area is 156 Å². The molecule has 0 heterocycles. The van der Waals surface area contributed by atoms with E-state index in [0.717, 1.165) is 11.1 Å². The molecular formula is C21H32O5. The summed E-state index contributed by atoms with van der Waals surface area (Å²) in [5.74, 6) is -4.47. The van der Waals surface area contributed by atoms with Crippen LogP contribution in [0.15, 0.2) is 23.3 Å². The maximum atomic E-state index is 12.9. The van der Waals surface area contributed by atoms with E-state index in [1.54, 1.807) is 12.2 Å². The Morgan fingerprint density at radius 3 is 2.12 bits per heavy atom. The van der Waals surface area contributed by atoms with E-state index in [9.17, 15) is 24.6 Å². The van der Waals surface area contributed by atoms with Crippen LogP contribution in [0.3, 0.4) is 0 Å². The SMILES string of the molecule is CC(C)=CCC1C(=O)C(C(=O)CC(C)C)C(=O)[C@@]1(O)[C@H](O)CC=C(C)C. The second-order valence-electron chi connectivity index (χ2n) is 8.19. The molecule has 0 spiro atoms. The Hall–Kier alpha value is -1.59. The number of Topliss-reactive ketones (excluding diaryl/α,β-unsaturated/α-hetero) is 3. The van der Waals surface area contributed by atoms with Crippen LogP contribution in [-0.2, 0) is 14.4 Å². The third-order valence-electron chi connectivity index (χ3n) is 4.77. The van der Waals surface area contributed by atoms with E-state index in [0.29, 0.717) is 0 Å². The van der Waals surface area contributed by atoms with Crippen LogP contribution in [-0.4, -0.2) is 39.3 Å². The molecule has 4 atom stereocenters. The molecule has 0 aromatic heterocycles. The zero-order valence-electron chi connectivity index (χ0n) is 16.7. The number of ketones is 3. The maximum Gasteiger partial charge on any atom is 0.185 e. The summed E-state index contributed by atoms with van der Waals surface area (Å²) in [5, 5.41) is 21.7. The van der Waals surface area contributed by atoms with E-state index in [4.69, 9.17) is 0 Å². The van der Waals surface area contributed by atoms with Crippen molar-refractivity contribution in [2.75, 3.05) is 0 Å². The third-order valence-corrected chi connectivity index (χ3v) is 4.77. The predicted molar refractivity (Wildman–Crippen MR) is 101 cm³/mol. The van der Waals surface area contributed by atoms with Gasteiger partial charge in [0, 0.05) is 6.42 Å². The minimum Gasteiger partial charge on any atom is -0.389 e. The van der Waals surface area contributed by atoms with Gasteiger partial charge < -0.3 is 10.2 Å². The van der Waals surface area contributed by atoms with Gasteiger partial charge in [-0.3, -0.25) is 14.4 Å². The van der Waals surface area contributed by atoms with Crippen molar-refractivity contribution in [2.45, 2.75) is 72.5 Å². The molecule has 1 rings (SSSR count). The number of aliphatic hydroxyl groups is 2. The van der Waals surface area contributed by atoms with Gasteiger partial charge in [-0.2, -0.15) is 0 Å². The molecule has 0 aliphatic heterocycles. The number of rotatable bonds is 8. The fraction of sp³-hybridized carbons (Fsp3) is 0.667. The number of allylic oxidation sites excluding steroid dienone is 3. The van der Waals surface area contributed by atoms with Crippen molar-refractivity contribution < 1.29 is 24.6 Å². The summed E-state index contributed by atoms with van der Waals surface area (Å²) in [6.45, 7) is 11.0. The largest absolute Gasteiger partial charge is 0.389 e. The maximum absolute atomic E-state index is 12.9. The first-order valence-corrected chi connectivity index (χ1v) is 9.20. The number of carbonyl (C=O) groups is 3. The Kier molecular flexibility index (Phi) is 7.66. The smallest absolute Gasteiger partial charge is 0.185 e. The zero-order valence-corrected chi connectivity index (χ0v) is 16.7. The van der Waals surface area contributed by atoms with Crippen LogP contribution in [0.25, 0.3) is 0 Å². The summed E-state index contributed by atoms with van der Waals surface area (Å²) in [6, 6.07) is 0. The van der Waals surface area contributed by atoms with Gasteiger partial charge in [0.25, 0.3) is 0 Å². The molecule has 26 heavy (non-hydrogen) atoms. The standard InChI is InChI=1S/C21H32O5/c1-12(2)7-9-15-19(24)18(16(22)11-14(5)6)20(25)21(15,26)17(23)10-8-13(3)4/h7-8,14-15,17-18,23,26H,9-11H2,1-6H3/t15?,17-,18?,21+/m1/s1. The Morgan fingerprint density at radius 2 is 1.65 bits per heavy atom. The van der Waals surface area contributed by atoms with Crippen molar-refractivity contribution in [3.63, 3.8) is 0 Å². The Balaban J connectivity index is 3.30. The molecular weight excluding hydrogens is 332 g/mol. The molecule has 1 fully saturated rings. The molecule has 0 aromatic carbocycles. The van der Waals surface area contributed by atoms with Crippen molar-refractivity contribution in [3.05, 3.63) is 23.3 Å². The fourth-order valence-corrected chi connectivity index (χ4v) is 3.35. The van der Waals surface area contributed by atoms with Crippen LogP contribution >= 0.6 is 0 Å². The van der Waals surface area contributed by atoms with Crippen molar-refractivity contribution >= 4 is 17.3 Å². The third kappa shape index (κ3) is 4.77. The molecule has 5 heteroatoms. The highest BCUT2D eigenvalue weighted by molar-refractivity contribution is 6.27. The van der Waals surface area contributed by atoms with E-state index < -0.39 is 40.9 Å². The molecule has 0 aromatic rings. The molecule has 0 bridgehead atoms. The molecule has 0 amide bonds. The number of hydrogen-bond donors (Lipinski definition) is 2. The van der Waals surface area contributed by atoms with Gasteiger partial charge in [-0.05, 0) is 46.5 Å². The molecule has 2 unspecified atom stereocenters. The molecule has 1 saturated carbocycles. The van der Waals surface area contributed by atoms with E-state index >= 15 is 0 Å². The molecule has 5 nitrogen and oxygen atoms in total. The Morgan fingerprint density at radius 1 is 1.12 bits per heavy atom. The highest BCUT2D eigenvalue weighted by Crippen LogP contribution is 2.41. The van der Waals surface area contributed by atoms with Crippen molar-refractivity contribution in [1.29, 1.82) is 0 Å². The molecule has 0 radical (unpaired) electrons. The zero-order chi connectivity index (χ0) is 20.2. The average molecular weight is 364 g/mol. The minimum absolute atomic E-state index is 0.00335. The topological polar surface area (TPSA) is 91.7 Å². The second kappa shape index (κ2) is 8.87. The van der Waals surface area contributed by atoms with Gasteiger partial charge in [0.05, 0.1) is 12.0 Å². The van der Waals surface area contributed by atoms with Crippen LogP contribution in [0.2, 0.25) is 0 Å². The van der Waals surface area contributed by atoms with Gasteiger partial charge in [-0.1, -0.05) is 37.1 Å². The summed E-state index contributed by atoms with van der Waals surface area (Å²) in [6.07, 6.45) is 2.30. The summed E-state index contributed by atoms with van der Waals surface area (Å²) < 4.78 is 0. The molecule has 0 saturated heterocycles. The lowest BCUT2D eigenvalue weighted by Gasteiger charge is -2.31. The van der Waals surface area contributed by atoms with Crippen LogP contribution in [0.1, 0.15) is 60.8 Å². The first-order valence-electron chi connectivity index (χ1n) is 9.20. The first-order chi connectivity index (χ1) is 11.9. The molecule has 2 N–H and O–H groups in total. The van der Waals surface area contributed by atoms with Crippen molar-refractivity contribution in [1.82, 2.24) is 0 Å². The highest BCUT2D eigenvalue weighted by atomic mass is 16.4. The van der Waals surface area contributed by atoms with Gasteiger partial charge in [0.15, 0.2) is 23.0 Å². The van der Waals surface area contributed by atoms with Crippen LogP contribution in [0.5, 0.6) is 0 Å². The van der Waals surface area contributed by atoms with Crippen LogP contribution in [0, 0.1) is 17.8 Å². The van der Waals surface area contributed by atoms with Gasteiger partial charge in [-0.25, -0.2) is 0 Å². The predicted octanol–water partition coefficient (Wildman–Crippen LogP) is 2.79. The molecule has 1 aliphatic rings. The highest BCUT2D eigenvalue weighted by Gasteiger charge is 2.63. The van der Waals surface area contributed by atoms with Crippen LogP contribution < -0.4 is 0 Å².